The minimum Gasteiger partial charge on any atom is -0.376 e. The molecule has 142 valence electrons. The lowest BCUT2D eigenvalue weighted by molar-refractivity contribution is 0.0540. The number of nitrogens with zero attached hydrogens (tertiary/aromatic N) is 3. The fourth-order valence-corrected chi connectivity index (χ4v) is 4.72. The number of piperazine rings is 1. The molecule has 0 unspecified atom stereocenters. The molecule has 1 fully saturated rings. The zero-order chi connectivity index (χ0) is 18.2. The molecule has 3 aliphatic rings. The maximum absolute atomic E-state index is 12.9. The van der Waals surface area contributed by atoms with Crippen molar-refractivity contribution in [2.75, 3.05) is 32.8 Å². The van der Waals surface area contributed by atoms with Crippen LogP contribution in [0.15, 0.2) is 24.3 Å². The van der Waals surface area contributed by atoms with Crippen LogP contribution >= 0.6 is 0 Å². The molecule has 1 saturated heterocycles. The van der Waals surface area contributed by atoms with Gasteiger partial charge in [0.25, 0.3) is 5.91 Å². The van der Waals surface area contributed by atoms with Gasteiger partial charge in [-0.2, -0.15) is 5.10 Å². The second-order valence-electron chi connectivity index (χ2n) is 7.83. The Morgan fingerprint density at radius 1 is 1.11 bits per heavy atom. The number of aryl methyl sites for hydroxylation is 1. The van der Waals surface area contributed by atoms with E-state index in [0.29, 0.717) is 24.9 Å². The molecule has 2 aliphatic heterocycles. The van der Waals surface area contributed by atoms with Crippen molar-refractivity contribution >= 4 is 5.91 Å². The Hall–Kier alpha value is -2.18. The second kappa shape index (κ2) is 7.09. The molecular weight excluding hydrogens is 340 g/mol. The number of carbonyl (C=O) groups excluding carboxylic acids is 1. The van der Waals surface area contributed by atoms with Crippen molar-refractivity contribution in [1.29, 1.82) is 0 Å². The van der Waals surface area contributed by atoms with E-state index in [9.17, 15) is 4.79 Å². The zero-order valence-corrected chi connectivity index (χ0v) is 15.6. The van der Waals surface area contributed by atoms with Gasteiger partial charge in [-0.3, -0.25) is 14.8 Å². The molecular formula is C21H26N4O2. The lowest BCUT2D eigenvalue weighted by Gasteiger charge is -2.41. The van der Waals surface area contributed by atoms with Crippen molar-refractivity contribution in [2.45, 2.75) is 38.3 Å². The number of H-pyrrole nitrogens is 1. The number of rotatable bonds is 2. The number of nitrogens with one attached hydrogen (secondary N) is 1. The summed E-state index contributed by atoms with van der Waals surface area (Å²) in [6, 6.07) is 9.42. The van der Waals surface area contributed by atoms with E-state index in [-0.39, 0.29) is 5.91 Å². The van der Waals surface area contributed by atoms with E-state index in [0.717, 1.165) is 50.3 Å². The van der Waals surface area contributed by atoms with Crippen LogP contribution in [0.5, 0.6) is 0 Å². The molecule has 0 spiro atoms. The predicted octanol–water partition coefficient (Wildman–Crippen LogP) is 1.80. The maximum Gasteiger partial charge on any atom is 0.274 e. The number of hydrogen-bond acceptors (Lipinski definition) is 4. The first-order valence-corrected chi connectivity index (χ1v) is 10.0. The smallest absolute Gasteiger partial charge is 0.274 e. The standard InChI is InChI=1S/C21H26N4O2/c26-21(20-18-14-27-12-7-19(18)22-23-20)25-10-8-24(9-11-25)17-6-5-15-3-1-2-4-16(15)13-17/h1-4,17H,5-14H2,(H,22,23)/t17-/m1/s1. The van der Waals surface area contributed by atoms with Crippen molar-refractivity contribution < 1.29 is 9.53 Å². The van der Waals surface area contributed by atoms with E-state index in [1.54, 1.807) is 0 Å². The van der Waals surface area contributed by atoms with Crippen molar-refractivity contribution in [3.05, 3.63) is 52.3 Å². The van der Waals surface area contributed by atoms with Gasteiger partial charge >= 0.3 is 0 Å². The van der Waals surface area contributed by atoms with E-state index < -0.39 is 0 Å². The van der Waals surface area contributed by atoms with E-state index in [1.807, 2.05) is 4.90 Å². The predicted molar refractivity (Wildman–Crippen MR) is 102 cm³/mol. The van der Waals surface area contributed by atoms with E-state index in [1.165, 1.54) is 24.0 Å². The summed E-state index contributed by atoms with van der Waals surface area (Å²) in [7, 11) is 0. The molecule has 5 rings (SSSR count). The summed E-state index contributed by atoms with van der Waals surface area (Å²) in [6.45, 7) is 4.64. The van der Waals surface area contributed by atoms with Crippen molar-refractivity contribution in [3.8, 4) is 0 Å². The molecule has 1 aromatic heterocycles. The van der Waals surface area contributed by atoms with Crippen molar-refractivity contribution in [2.24, 2.45) is 0 Å². The van der Waals surface area contributed by atoms with Gasteiger partial charge in [-0.25, -0.2) is 0 Å². The first kappa shape index (κ1) is 17.0. The number of aromatic nitrogens is 2. The monoisotopic (exact) mass is 366 g/mol. The molecule has 1 aromatic carbocycles. The molecule has 6 heteroatoms. The molecule has 0 bridgehead atoms. The summed E-state index contributed by atoms with van der Waals surface area (Å²) in [5, 5.41) is 7.33. The number of carbonyl (C=O) groups is 1. The molecule has 1 N–H and O–H groups in total. The molecule has 1 amide bonds. The molecule has 1 atom stereocenters. The summed E-state index contributed by atoms with van der Waals surface area (Å²) >= 11 is 0. The highest BCUT2D eigenvalue weighted by Crippen LogP contribution is 2.26. The van der Waals surface area contributed by atoms with Gasteiger partial charge in [0.15, 0.2) is 5.69 Å². The number of hydrogen-bond donors (Lipinski definition) is 1. The van der Waals surface area contributed by atoms with Gasteiger partial charge in [-0.15, -0.1) is 0 Å². The van der Waals surface area contributed by atoms with Crippen LogP contribution in [-0.2, 0) is 30.6 Å². The van der Waals surface area contributed by atoms with Crippen LogP contribution in [0.2, 0.25) is 0 Å². The molecule has 27 heavy (non-hydrogen) atoms. The Morgan fingerprint density at radius 2 is 1.93 bits per heavy atom. The van der Waals surface area contributed by atoms with Crippen LogP contribution in [0.25, 0.3) is 0 Å². The minimum absolute atomic E-state index is 0.0478. The van der Waals surface area contributed by atoms with Gasteiger partial charge in [0.1, 0.15) is 0 Å². The Balaban J connectivity index is 1.22. The van der Waals surface area contributed by atoms with Gasteiger partial charge in [-0.1, -0.05) is 24.3 Å². The number of benzene rings is 1. The third-order valence-electron chi connectivity index (χ3n) is 6.34. The summed E-state index contributed by atoms with van der Waals surface area (Å²) in [5.74, 6) is 0.0478. The van der Waals surface area contributed by atoms with Crippen molar-refractivity contribution in [3.63, 3.8) is 0 Å². The largest absolute Gasteiger partial charge is 0.376 e. The summed E-state index contributed by atoms with van der Waals surface area (Å²) in [4.78, 5) is 17.5. The quantitative estimate of drug-likeness (QED) is 0.880. The first-order chi connectivity index (χ1) is 13.3. The van der Waals surface area contributed by atoms with E-state index in [4.69, 9.17) is 4.74 Å². The minimum atomic E-state index is 0.0478. The number of aromatic amines is 1. The maximum atomic E-state index is 12.9. The summed E-state index contributed by atoms with van der Waals surface area (Å²) in [5.41, 5.74) is 5.58. The fraction of sp³-hybridized carbons (Fsp3) is 0.524. The van der Waals surface area contributed by atoms with Crippen LogP contribution in [0.1, 0.15) is 39.3 Å². The lowest BCUT2D eigenvalue weighted by atomic mass is 9.87. The first-order valence-electron chi connectivity index (χ1n) is 10.0. The molecule has 0 radical (unpaired) electrons. The Morgan fingerprint density at radius 3 is 2.78 bits per heavy atom. The molecule has 6 nitrogen and oxygen atoms in total. The fourth-order valence-electron chi connectivity index (χ4n) is 4.72. The Labute approximate surface area is 159 Å². The van der Waals surface area contributed by atoms with Crippen LogP contribution in [0.3, 0.4) is 0 Å². The number of ether oxygens (including phenoxy) is 1. The number of amides is 1. The SMILES string of the molecule is O=C(c1n[nH]c2c1COCC2)N1CCN([C@@H]2CCc3ccccc3C2)CC1. The normalized spacial score (nSPS) is 23.0. The highest BCUT2D eigenvalue weighted by atomic mass is 16.5. The summed E-state index contributed by atoms with van der Waals surface area (Å²) in [6.07, 6.45) is 4.33. The topological polar surface area (TPSA) is 61.5 Å². The highest BCUT2D eigenvalue weighted by molar-refractivity contribution is 5.94. The molecule has 3 heterocycles. The van der Waals surface area contributed by atoms with Crippen LogP contribution < -0.4 is 0 Å². The van der Waals surface area contributed by atoms with Gasteiger partial charge in [0.2, 0.25) is 0 Å². The van der Waals surface area contributed by atoms with E-state index in [2.05, 4.69) is 39.4 Å². The number of fused-ring (bicyclic) bond motifs is 2. The lowest BCUT2D eigenvalue weighted by Crippen LogP contribution is -2.53. The Kier molecular flexibility index (Phi) is 4.45. The third kappa shape index (κ3) is 3.17. The van der Waals surface area contributed by atoms with Crippen LogP contribution in [-0.4, -0.2) is 64.7 Å². The van der Waals surface area contributed by atoms with Gasteiger partial charge in [0, 0.05) is 49.9 Å². The summed E-state index contributed by atoms with van der Waals surface area (Å²) < 4.78 is 5.52. The van der Waals surface area contributed by atoms with Crippen molar-refractivity contribution in [1.82, 2.24) is 20.0 Å². The Bertz CT molecular complexity index is 838. The highest BCUT2D eigenvalue weighted by Gasteiger charge is 2.31. The van der Waals surface area contributed by atoms with Gasteiger partial charge in [-0.05, 0) is 30.4 Å². The average molecular weight is 366 g/mol. The van der Waals surface area contributed by atoms with E-state index >= 15 is 0 Å². The van der Waals surface area contributed by atoms with Crippen LogP contribution in [0, 0.1) is 0 Å². The second-order valence-corrected chi connectivity index (χ2v) is 7.83. The van der Waals surface area contributed by atoms with Gasteiger partial charge < -0.3 is 9.64 Å². The molecule has 1 aliphatic carbocycles. The molecule has 0 saturated carbocycles. The van der Waals surface area contributed by atoms with Crippen LogP contribution in [0.4, 0.5) is 0 Å². The third-order valence-corrected chi connectivity index (χ3v) is 6.34. The zero-order valence-electron chi connectivity index (χ0n) is 15.6. The molecule has 2 aromatic rings. The van der Waals surface area contributed by atoms with Gasteiger partial charge in [0.05, 0.1) is 13.2 Å². The average Bonchev–Trinajstić information content (AvgIpc) is 3.17.